The van der Waals surface area contributed by atoms with E-state index in [1.807, 2.05) is 20.8 Å². The maximum absolute atomic E-state index is 14.0. The van der Waals surface area contributed by atoms with E-state index in [-0.39, 0.29) is 29.0 Å². The normalized spacial score (nSPS) is 12.1. The number of carbonyl (C=O) groups excluding carboxylic acids is 2. The van der Waals surface area contributed by atoms with Crippen LogP contribution in [0.1, 0.15) is 33.3 Å². The molecule has 0 aliphatic carbocycles. The third-order valence-corrected chi connectivity index (χ3v) is 8.68. The Morgan fingerprint density at radius 3 is 2.15 bits per heavy atom. The van der Waals surface area contributed by atoms with E-state index >= 15 is 0 Å². The van der Waals surface area contributed by atoms with Crippen molar-refractivity contribution in [1.29, 1.82) is 0 Å². The van der Waals surface area contributed by atoms with Crippen molar-refractivity contribution in [2.45, 2.75) is 45.2 Å². The van der Waals surface area contributed by atoms with Crippen LogP contribution in [0.2, 0.25) is 10.0 Å². The molecule has 1 unspecified atom stereocenters. The summed E-state index contributed by atoms with van der Waals surface area (Å²) in [5, 5.41) is 3.66. The number of amides is 2. The Morgan fingerprint density at radius 2 is 1.56 bits per heavy atom. The zero-order valence-electron chi connectivity index (χ0n) is 23.5. The molecule has 0 saturated carbocycles. The molecule has 0 bridgehead atoms. The molecule has 0 fully saturated rings. The minimum Gasteiger partial charge on any atom is -0.494 e. The standard InChI is InChI=1S/C30H35Cl2N3O5S/c1-5-40-26-14-12-25(13-15-26)35(41(38,39)27-16-10-24(31)11-17-27)20-29(36)34(19-23-8-6-7-9-28(23)32)22(4)30(37)33-18-21(2)3/h6-17,21-22H,5,18-20H2,1-4H3,(H,33,37). The fourth-order valence-electron chi connectivity index (χ4n) is 3.98. The molecule has 0 radical (unpaired) electrons. The second-order valence-electron chi connectivity index (χ2n) is 9.82. The maximum Gasteiger partial charge on any atom is 0.264 e. The molecule has 3 aromatic rings. The number of rotatable bonds is 13. The van der Waals surface area contributed by atoms with Gasteiger partial charge in [0.1, 0.15) is 18.3 Å². The van der Waals surface area contributed by atoms with E-state index in [9.17, 15) is 18.0 Å². The highest BCUT2D eigenvalue weighted by atomic mass is 35.5. The van der Waals surface area contributed by atoms with Gasteiger partial charge in [0.05, 0.1) is 17.2 Å². The SMILES string of the molecule is CCOc1ccc(N(CC(=O)N(Cc2ccccc2Cl)C(C)C(=O)NCC(C)C)S(=O)(=O)c2ccc(Cl)cc2)cc1. The fraction of sp³-hybridized carbons (Fsp3) is 0.333. The van der Waals surface area contributed by atoms with Crippen LogP contribution in [0.3, 0.4) is 0 Å². The molecule has 0 aromatic heterocycles. The van der Waals surface area contributed by atoms with E-state index in [1.165, 1.54) is 29.2 Å². The summed E-state index contributed by atoms with van der Waals surface area (Å²) in [6, 6.07) is 18.2. The summed E-state index contributed by atoms with van der Waals surface area (Å²) >= 11 is 12.4. The van der Waals surface area contributed by atoms with Gasteiger partial charge in [0.2, 0.25) is 11.8 Å². The van der Waals surface area contributed by atoms with E-state index in [2.05, 4.69) is 5.32 Å². The zero-order valence-corrected chi connectivity index (χ0v) is 25.8. The summed E-state index contributed by atoms with van der Waals surface area (Å²) in [6.07, 6.45) is 0. The smallest absolute Gasteiger partial charge is 0.264 e. The van der Waals surface area contributed by atoms with Gasteiger partial charge in [0.15, 0.2) is 0 Å². The van der Waals surface area contributed by atoms with Crippen LogP contribution in [-0.4, -0.2) is 50.9 Å². The molecule has 0 spiro atoms. The van der Waals surface area contributed by atoms with Crippen LogP contribution in [0.25, 0.3) is 0 Å². The molecule has 8 nitrogen and oxygen atoms in total. The largest absolute Gasteiger partial charge is 0.494 e. The van der Waals surface area contributed by atoms with Gasteiger partial charge in [0.25, 0.3) is 10.0 Å². The molecule has 3 aromatic carbocycles. The van der Waals surface area contributed by atoms with Crippen LogP contribution < -0.4 is 14.4 Å². The van der Waals surface area contributed by atoms with Gasteiger partial charge in [-0.15, -0.1) is 0 Å². The first-order valence-corrected chi connectivity index (χ1v) is 15.4. The Hall–Kier alpha value is -3.27. The highest BCUT2D eigenvalue weighted by molar-refractivity contribution is 7.92. The quantitative estimate of drug-likeness (QED) is 0.262. The van der Waals surface area contributed by atoms with Crippen molar-refractivity contribution in [3.05, 3.63) is 88.4 Å². The predicted molar refractivity (Wildman–Crippen MR) is 163 cm³/mol. The van der Waals surface area contributed by atoms with Crippen molar-refractivity contribution in [2.24, 2.45) is 5.92 Å². The van der Waals surface area contributed by atoms with Gasteiger partial charge in [-0.05, 0) is 79.9 Å². The van der Waals surface area contributed by atoms with Gasteiger partial charge in [-0.25, -0.2) is 8.42 Å². The van der Waals surface area contributed by atoms with E-state index in [1.54, 1.807) is 55.5 Å². The first kappa shape index (κ1) is 32.2. The van der Waals surface area contributed by atoms with Gasteiger partial charge < -0.3 is 15.0 Å². The summed E-state index contributed by atoms with van der Waals surface area (Å²) in [5.41, 5.74) is 0.880. The predicted octanol–water partition coefficient (Wildman–Crippen LogP) is 5.78. The number of hydrogen-bond acceptors (Lipinski definition) is 5. The Balaban J connectivity index is 2.03. The summed E-state index contributed by atoms with van der Waals surface area (Å²) in [4.78, 5) is 28.4. The van der Waals surface area contributed by atoms with Gasteiger partial charge >= 0.3 is 0 Å². The maximum atomic E-state index is 14.0. The number of ether oxygens (including phenoxy) is 1. The number of carbonyl (C=O) groups is 2. The van der Waals surface area contributed by atoms with E-state index in [0.717, 1.165) is 4.31 Å². The Bertz CT molecular complexity index is 1430. The second kappa shape index (κ2) is 14.6. The minimum atomic E-state index is -4.21. The van der Waals surface area contributed by atoms with Crippen LogP contribution in [0.15, 0.2) is 77.7 Å². The van der Waals surface area contributed by atoms with Crippen LogP contribution in [-0.2, 0) is 26.2 Å². The lowest BCUT2D eigenvalue weighted by atomic mass is 10.1. The van der Waals surface area contributed by atoms with E-state index < -0.39 is 28.5 Å². The molecule has 1 atom stereocenters. The lowest BCUT2D eigenvalue weighted by Crippen LogP contribution is -2.51. The van der Waals surface area contributed by atoms with E-state index in [0.29, 0.717) is 34.5 Å². The van der Waals surface area contributed by atoms with Crippen LogP contribution >= 0.6 is 23.2 Å². The third-order valence-electron chi connectivity index (χ3n) is 6.27. The molecule has 220 valence electrons. The monoisotopic (exact) mass is 619 g/mol. The van der Waals surface area contributed by atoms with Crippen LogP contribution in [0.5, 0.6) is 5.75 Å². The third kappa shape index (κ3) is 8.61. The average molecular weight is 621 g/mol. The number of nitrogens with zero attached hydrogens (tertiary/aromatic N) is 2. The van der Waals surface area contributed by atoms with Crippen molar-refractivity contribution in [1.82, 2.24) is 10.2 Å². The zero-order chi connectivity index (χ0) is 30.2. The molecule has 0 heterocycles. The Morgan fingerprint density at radius 1 is 0.927 bits per heavy atom. The first-order valence-electron chi connectivity index (χ1n) is 13.3. The van der Waals surface area contributed by atoms with Gasteiger partial charge in [-0.2, -0.15) is 0 Å². The lowest BCUT2D eigenvalue weighted by Gasteiger charge is -2.32. The molecular weight excluding hydrogens is 585 g/mol. The molecule has 0 saturated heterocycles. The number of hydrogen-bond donors (Lipinski definition) is 1. The topological polar surface area (TPSA) is 96.0 Å². The molecule has 0 aliphatic heterocycles. The number of halogens is 2. The average Bonchev–Trinajstić information content (AvgIpc) is 2.94. The second-order valence-corrected chi connectivity index (χ2v) is 12.5. The van der Waals surface area contributed by atoms with Gasteiger partial charge in [-0.1, -0.05) is 55.2 Å². The van der Waals surface area contributed by atoms with Crippen molar-refractivity contribution in [3.8, 4) is 5.75 Å². The number of benzene rings is 3. The minimum absolute atomic E-state index is 0.00683. The fourth-order valence-corrected chi connectivity index (χ4v) is 5.72. The molecule has 41 heavy (non-hydrogen) atoms. The Labute approximate surface area is 252 Å². The Kier molecular flexibility index (Phi) is 11.5. The number of anilines is 1. The van der Waals surface area contributed by atoms with Crippen molar-refractivity contribution >= 4 is 50.7 Å². The highest BCUT2D eigenvalue weighted by Crippen LogP contribution is 2.28. The lowest BCUT2D eigenvalue weighted by molar-refractivity contribution is -0.139. The van der Waals surface area contributed by atoms with Crippen molar-refractivity contribution in [3.63, 3.8) is 0 Å². The highest BCUT2D eigenvalue weighted by Gasteiger charge is 2.33. The van der Waals surface area contributed by atoms with Gasteiger partial charge in [0, 0.05) is 23.1 Å². The summed E-state index contributed by atoms with van der Waals surface area (Å²) < 4.78 is 34.3. The van der Waals surface area contributed by atoms with Crippen LogP contribution in [0.4, 0.5) is 5.69 Å². The van der Waals surface area contributed by atoms with Crippen molar-refractivity contribution in [2.75, 3.05) is 24.0 Å². The molecule has 11 heteroatoms. The van der Waals surface area contributed by atoms with Gasteiger partial charge in [-0.3, -0.25) is 13.9 Å². The molecule has 2 amide bonds. The first-order chi connectivity index (χ1) is 19.4. The molecule has 1 N–H and O–H groups in total. The number of nitrogens with one attached hydrogen (secondary N) is 1. The molecular formula is C30H35Cl2N3O5S. The summed E-state index contributed by atoms with van der Waals surface area (Å²) in [6.45, 7) is 7.70. The summed E-state index contributed by atoms with van der Waals surface area (Å²) in [7, 11) is -4.21. The van der Waals surface area contributed by atoms with Crippen molar-refractivity contribution < 1.29 is 22.7 Å². The molecule has 0 aliphatic rings. The van der Waals surface area contributed by atoms with E-state index in [4.69, 9.17) is 27.9 Å². The number of sulfonamides is 1. The summed E-state index contributed by atoms with van der Waals surface area (Å²) in [5.74, 6) is -0.170. The molecule has 3 rings (SSSR count). The van der Waals surface area contributed by atoms with Crippen LogP contribution in [0, 0.1) is 5.92 Å².